The number of nitrogens with zero attached hydrogens (tertiary/aromatic N) is 3. The molecule has 0 bridgehead atoms. The number of hydrogen-bond acceptors (Lipinski definition) is 4. The summed E-state index contributed by atoms with van der Waals surface area (Å²) in [6.45, 7) is 6.21. The van der Waals surface area contributed by atoms with Crippen molar-refractivity contribution in [1.82, 2.24) is 15.0 Å². The lowest BCUT2D eigenvalue weighted by atomic mass is 9.81. The van der Waals surface area contributed by atoms with Gasteiger partial charge in [-0.15, -0.1) is 10.2 Å². The molecule has 2 N–H and O–H groups in total. The third kappa shape index (κ3) is 3.46. The number of carboxylic acids is 1. The molecule has 0 radical (unpaired) electrons. The van der Waals surface area contributed by atoms with Crippen molar-refractivity contribution >= 4 is 17.0 Å². The van der Waals surface area contributed by atoms with Gasteiger partial charge in [-0.3, -0.25) is 0 Å². The van der Waals surface area contributed by atoms with E-state index >= 15 is 0 Å². The van der Waals surface area contributed by atoms with E-state index in [0.717, 1.165) is 22.2 Å². The van der Waals surface area contributed by atoms with Crippen LogP contribution in [0, 0.1) is 0 Å². The third-order valence-electron chi connectivity index (χ3n) is 4.37. The second-order valence-corrected chi connectivity index (χ2v) is 7.38. The van der Waals surface area contributed by atoms with E-state index in [1.54, 1.807) is 12.1 Å². The number of carboxylic acid groups (broad SMARTS) is 1. The summed E-state index contributed by atoms with van der Waals surface area (Å²) in [6.07, 6.45) is 1.21. The van der Waals surface area contributed by atoms with E-state index in [0.29, 0.717) is 18.5 Å². The summed E-state index contributed by atoms with van der Waals surface area (Å²) in [5.74, 6) is -0.984. The first-order valence-corrected chi connectivity index (χ1v) is 8.65. The minimum Gasteiger partial charge on any atom is -0.478 e. The second-order valence-electron chi connectivity index (χ2n) is 7.38. The number of aromatic nitrogens is 3. The topological polar surface area (TPSA) is 88.2 Å². The van der Waals surface area contributed by atoms with Gasteiger partial charge in [0.05, 0.1) is 11.3 Å². The molecule has 3 aromatic rings. The van der Waals surface area contributed by atoms with Crippen molar-refractivity contribution in [3.63, 3.8) is 0 Å². The second kappa shape index (κ2) is 6.88. The van der Waals surface area contributed by atoms with Crippen LogP contribution in [0.3, 0.4) is 0 Å². The fourth-order valence-electron chi connectivity index (χ4n) is 3.11. The lowest BCUT2D eigenvalue weighted by molar-refractivity contribution is 0.0696. The first-order valence-electron chi connectivity index (χ1n) is 8.65. The fraction of sp³-hybridized carbons (Fsp3) is 0.350. The zero-order valence-electron chi connectivity index (χ0n) is 15.2. The lowest BCUT2D eigenvalue weighted by Crippen LogP contribution is -2.19. The van der Waals surface area contributed by atoms with Gasteiger partial charge in [-0.25, -0.2) is 4.79 Å². The predicted molar refractivity (Wildman–Crippen MR) is 99.9 cm³/mol. The predicted octanol–water partition coefficient (Wildman–Crippen LogP) is 3.34. The van der Waals surface area contributed by atoms with Gasteiger partial charge in [0.2, 0.25) is 0 Å². The van der Waals surface area contributed by atoms with E-state index in [1.165, 1.54) is 4.80 Å². The molecule has 6 heteroatoms. The number of benzene rings is 2. The number of rotatable bonds is 5. The Bertz CT molecular complexity index is 922. The average molecular weight is 353 g/mol. The van der Waals surface area contributed by atoms with Crippen molar-refractivity contribution < 1.29 is 15.0 Å². The normalized spacial score (nSPS) is 11.8. The third-order valence-corrected chi connectivity index (χ3v) is 4.37. The fourth-order valence-corrected chi connectivity index (χ4v) is 3.11. The van der Waals surface area contributed by atoms with Crippen LogP contribution >= 0.6 is 0 Å². The molecular formula is C20H23N3O3. The van der Waals surface area contributed by atoms with Crippen LogP contribution in [0.4, 0.5) is 0 Å². The Morgan fingerprint density at radius 3 is 2.23 bits per heavy atom. The largest absolute Gasteiger partial charge is 0.478 e. The molecule has 0 saturated heterocycles. The summed E-state index contributed by atoms with van der Waals surface area (Å²) < 4.78 is 0. The molecule has 26 heavy (non-hydrogen) atoms. The molecular weight excluding hydrogens is 330 g/mol. The average Bonchev–Trinajstić information content (AvgIpc) is 3.02. The van der Waals surface area contributed by atoms with E-state index in [9.17, 15) is 15.0 Å². The van der Waals surface area contributed by atoms with E-state index in [2.05, 4.69) is 10.2 Å². The molecule has 0 spiro atoms. The molecule has 0 aliphatic carbocycles. The summed E-state index contributed by atoms with van der Waals surface area (Å²) in [7, 11) is 0. The van der Waals surface area contributed by atoms with E-state index < -0.39 is 5.97 Å². The van der Waals surface area contributed by atoms with Gasteiger partial charge in [-0.2, -0.15) is 4.80 Å². The van der Waals surface area contributed by atoms with Crippen molar-refractivity contribution in [2.24, 2.45) is 0 Å². The molecule has 0 amide bonds. The zero-order chi connectivity index (χ0) is 18.9. The molecule has 1 heterocycles. The van der Waals surface area contributed by atoms with Crippen molar-refractivity contribution in [1.29, 1.82) is 0 Å². The van der Waals surface area contributed by atoms with Gasteiger partial charge in [-0.05, 0) is 53.6 Å². The number of fused-ring (bicyclic) bond motifs is 1. The van der Waals surface area contributed by atoms with Crippen LogP contribution < -0.4 is 0 Å². The van der Waals surface area contributed by atoms with Crippen molar-refractivity contribution in [2.45, 2.75) is 39.0 Å². The van der Waals surface area contributed by atoms with Crippen molar-refractivity contribution in [2.75, 3.05) is 6.61 Å². The summed E-state index contributed by atoms with van der Waals surface area (Å²) >= 11 is 0. The Balaban J connectivity index is 2.29. The minimum atomic E-state index is -0.984. The summed E-state index contributed by atoms with van der Waals surface area (Å²) in [4.78, 5) is 13.2. The molecule has 136 valence electrons. The molecule has 2 aromatic carbocycles. The maximum absolute atomic E-state index is 11.7. The smallest absolute Gasteiger partial charge is 0.335 e. The number of aliphatic hydroxyl groups is 1. The monoisotopic (exact) mass is 353 g/mol. The minimum absolute atomic E-state index is 0.0677. The quantitative estimate of drug-likeness (QED) is 0.734. The molecule has 0 aliphatic rings. The van der Waals surface area contributed by atoms with Crippen molar-refractivity contribution in [3.05, 3.63) is 53.1 Å². The zero-order valence-corrected chi connectivity index (χ0v) is 15.2. The van der Waals surface area contributed by atoms with Gasteiger partial charge in [-0.1, -0.05) is 32.9 Å². The van der Waals surface area contributed by atoms with Crippen LogP contribution in [0.15, 0.2) is 36.4 Å². The number of carbonyl (C=O) groups is 1. The SMILES string of the molecule is CC(C)(C)c1cc(C(=O)O)cc(-n2nc3ccccc3n2)c1CCCO. The molecule has 0 atom stereocenters. The number of aliphatic hydroxyl groups excluding tert-OH is 1. The van der Waals surface area contributed by atoms with Crippen LogP contribution in [0.5, 0.6) is 0 Å². The van der Waals surface area contributed by atoms with Gasteiger partial charge in [0.1, 0.15) is 11.0 Å². The van der Waals surface area contributed by atoms with Gasteiger partial charge < -0.3 is 10.2 Å². The van der Waals surface area contributed by atoms with Crippen LogP contribution in [-0.4, -0.2) is 37.8 Å². The van der Waals surface area contributed by atoms with Crippen LogP contribution in [0.2, 0.25) is 0 Å². The molecule has 1 aromatic heterocycles. The summed E-state index contributed by atoms with van der Waals surface area (Å²) in [6, 6.07) is 10.9. The first-order chi connectivity index (χ1) is 12.3. The van der Waals surface area contributed by atoms with Crippen LogP contribution in [-0.2, 0) is 11.8 Å². The summed E-state index contributed by atoms with van der Waals surface area (Å²) in [5.41, 5.74) is 4.01. The molecule has 6 nitrogen and oxygen atoms in total. The molecule has 0 aliphatic heterocycles. The van der Waals surface area contributed by atoms with Gasteiger partial charge in [0.15, 0.2) is 0 Å². The Hall–Kier alpha value is -2.73. The Morgan fingerprint density at radius 2 is 1.73 bits per heavy atom. The maximum atomic E-state index is 11.7. The Kier molecular flexibility index (Phi) is 4.78. The Labute approximate surface area is 152 Å². The van der Waals surface area contributed by atoms with Crippen LogP contribution in [0.25, 0.3) is 16.7 Å². The highest BCUT2D eigenvalue weighted by molar-refractivity contribution is 5.89. The van der Waals surface area contributed by atoms with Crippen LogP contribution in [0.1, 0.15) is 48.7 Å². The number of hydrogen-bond donors (Lipinski definition) is 2. The number of aromatic carboxylic acids is 1. The van der Waals surface area contributed by atoms with E-state index in [4.69, 9.17) is 0 Å². The summed E-state index contributed by atoms with van der Waals surface area (Å²) in [5, 5.41) is 27.9. The van der Waals surface area contributed by atoms with E-state index in [-0.39, 0.29) is 17.6 Å². The standard InChI is InChI=1S/C20H23N3O3/c1-20(2,3)15-11-13(19(25)26)12-18(14(15)7-6-10-24)23-21-16-8-4-5-9-17(16)22-23/h4-5,8-9,11-12,24H,6-7,10H2,1-3H3,(H,25,26). The van der Waals surface area contributed by atoms with Gasteiger partial charge >= 0.3 is 5.97 Å². The lowest BCUT2D eigenvalue weighted by Gasteiger charge is -2.25. The van der Waals surface area contributed by atoms with Gasteiger partial charge in [0.25, 0.3) is 0 Å². The highest BCUT2D eigenvalue weighted by Crippen LogP contribution is 2.32. The van der Waals surface area contributed by atoms with E-state index in [1.807, 2.05) is 45.0 Å². The molecule has 0 unspecified atom stereocenters. The maximum Gasteiger partial charge on any atom is 0.335 e. The molecule has 3 rings (SSSR count). The molecule has 0 saturated carbocycles. The van der Waals surface area contributed by atoms with Crippen molar-refractivity contribution in [3.8, 4) is 5.69 Å². The molecule has 0 fully saturated rings. The Morgan fingerprint density at radius 1 is 1.12 bits per heavy atom. The first kappa shape index (κ1) is 18.1. The van der Waals surface area contributed by atoms with Gasteiger partial charge in [0, 0.05) is 6.61 Å². The highest BCUT2D eigenvalue weighted by atomic mass is 16.4. The highest BCUT2D eigenvalue weighted by Gasteiger charge is 2.24.